The van der Waals surface area contributed by atoms with Crippen LogP contribution in [0.1, 0.15) is 28.9 Å². The Balaban J connectivity index is 1.36. The summed E-state index contributed by atoms with van der Waals surface area (Å²) < 4.78 is 47.0. The molecule has 9 nitrogen and oxygen atoms in total. The molecule has 6 aromatic rings. The Morgan fingerprint density at radius 3 is 2.92 bits per heavy atom. The fourth-order valence-corrected chi connectivity index (χ4v) is 8.43. The SMILES string of the molecule is C=CC(=O)N1CCc2ncc(C34COCC/C=C/CNc5cc6c(cnn6C)cc5-c5nc3c(c3sccc53)-c3c(F)cc(F)cc3O4)cc2C1. The lowest BCUT2D eigenvalue weighted by atomic mass is 9.81. The first-order valence-corrected chi connectivity index (χ1v) is 17.6. The molecule has 0 spiro atoms. The van der Waals surface area contributed by atoms with E-state index in [1.807, 2.05) is 35.4 Å². The number of hydrogen-bond donors (Lipinski definition) is 1. The van der Waals surface area contributed by atoms with E-state index in [2.05, 4.69) is 41.3 Å². The number of halogens is 2. The van der Waals surface area contributed by atoms with E-state index in [-0.39, 0.29) is 23.8 Å². The second kappa shape index (κ2) is 12.1. The maximum atomic E-state index is 16.1. The van der Waals surface area contributed by atoms with Gasteiger partial charge < -0.3 is 19.7 Å². The fraction of sp³-hybridized carbons (Fsp3) is 0.231. The number of carbonyl (C=O) groups is 1. The van der Waals surface area contributed by atoms with Crippen molar-refractivity contribution < 1.29 is 23.0 Å². The predicted octanol–water partition coefficient (Wildman–Crippen LogP) is 7.29. The number of carbonyl (C=O) groups excluding carboxylic acids is 1. The molecule has 256 valence electrons. The molecule has 1 atom stereocenters. The van der Waals surface area contributed by atoms with Gasteiger partial charge in [-0.25, -0.2) is 13.8 Å². The Labute approximate surface area is 295 Å². The lowest BCUT2D eigenvalue weighted by Crippen LogP contribution is -2.44. The molecule has 0 saturated heterocycles. The van der Waals surface area contributed by atoms with E-state index in [0.717, 1.165) is 49.6 Å². The van der Waals surface area contributed by atoms with Crippen LogP contribution < -0.4 is 10.1 Å². The van der Waals surface area contributed by atoms with Crippen LogP contribution in [0.5, 0.6) is 5.75 Å². The van der Waals surface area contributed by atoms with Gasteiger partial charge in [0.05, 0.1) is 36.2 Å². The molecule has 1 N–H and O–H groups in total. The molecule has 4 aromatic heterocycles. The van der Waals surface area contributed by atoms with Crippen molar-refractivity contribution in [2.75, 3.05) is 31.6 Å². The minimum absolute atomic E-state index is 0.0166. The topological polar surface area (TPSA) is 94.4 Å². The van der Waals surface area contributed by atoms with Gasteiger partial charge in [-0.3, -0.25) is 14.5 Å². The maximum Gasteiger partial charge on any atom is 0.246 e. The van der Waals surface area contributed by atoms with Crippen molar-refractivity contribution in [2.45, 2.75) is 25.0 Å². The third-order valence-corrected chi connectivity index (χ3v) is 10.9. The fourth-order valence-electron chi connectivity index (χ4n) is 7.48. The van der Waals surface area contributed by atoms with Crippen LogP contribution in [0.3, 0.4) is 0 Å². The molecule has 1 amide bonds. The third kappa shape index (κ3) is 5.03. The number of hydrogen-bond acceptors (Lipinski definition) is 8. The summed E-state index contributed by atoms with van der Waals surface area (Å²) in [6.45, 7) is 5.45. The standard InChI is InChI=1S/C39H32F2N6O3S/c1-3-33(48)47-10-7-29-23(20-47)13-24(19-43-29)39-21-49-11-6-4-5-9-42-30-17-31-22(18-44-46(31)2)14-27(30)36-26-8-12-51-37(26)35(38(39)45-36)34-28(41)15-25(40)16-32(34)50-39/h3-5,8,12-19,42H,1,6-7,9-11,20-21H2,2H3/b5-4+. The minimum Gasteiger partial charge on any atom is -0.473 e. The van der Waals surface area contributed by atoms with Crippen molar-refractivity contribution in [1.29, 1.82) is 0 Å². The van der Waals surface area contributed by atoms with Crippen LogP contribution in [0.25, 0.3) is 43.4 Å². The average Bonchev–Trinajstić information content (AvgIpc) is 3.77. The molecule has 1 unspecified atom stereocenters. The van der Waals surface area contributed by atoms with Gasteiger partial charge in [-0.05, 0) is 47.7 Å². The first-order chi connectivity index (χ1) is 24.8. The van der Waals surface area contributed by atoms with Gasteiger partial charge in [0.15, 0.2) is 0 Å². The monoisotopic (exact) mass is 702 g/mol. The van der Waals surface area contributed by atoms with Gasteiger partial charge >= 0.3 is 0 Å². The summed E-state index contributed by atoms with van der Waals surface area (Å²) in [4.78, 5) is 24.7. The molecule has 2 bridgehead atoms. The Morgan fingerprint density at radius 1 is 1.14 bits per heavy atom. The average molecular weight is 703 g/mol. The number of aromatic nitrogens is 4. The van der Waals surface area contributed by atoms with E-state index in [1.54, 1.807) is 11.1 Å². The van der Waals surface area contributed by atoms with Crippen LogP contribution >= 0.6 is 11.3 Å². The second-order valence-corrected chi connectivity index (χ2v) is 13.9. The number of ether oxygens (including phenoxy) is 2. The Bertz CT molecular complexity index is 2460. The van der Waals surface area contributed by atoms with Crippen molar-refractivity contribution in [2.24, 2.45) is 7.05 Å². The quantitative estimate of drug-likeness (QED) is 0.150. The zero-order valence-corrected chi connectivity index (χ0v) is 28.5. The van der Waals surface area contributed by atoms with Gasteiger partial charge in [0.1, 0.15) is 23.1 Å². The smallest absolute Gasteiger partial charge is 0.246 e. The number of rotatable bonds is 2. The third-order valence-electron chi connectivity index (χ3n) is 9.99. The Kier molecular flexibility index (Phi) is 7.48. The van der Waals surface area contributed by atoms with E-state index < -0.39 is 17.2 Å². The van der Waals surface area contributed by atoms with E-state index >= 15 is 8.78 Å². The van der Waals surface area contributed by atoms with Gasteiger partial charge in [-0.15, -0.1) is 11.3 Å². The van der Waals surface area contributed by atoms with Crippen LogP contribution in [-0.2, 0) is 35.1 Å². The molecule has 0 aliphatic carbocycles. The van der Waals surface area contributed by atoms with Gasteiger partial charge in [0, 0.05) is 95.0 Å². The summed E-state index contributed by atoms with van der Waals surface area (Å²) in [6.07, 6.45) is 10.2. The van der Waals surface area contributed by atoms with Crippen molar-refractivity contribution in [3.63, 3.8) is 0 Å². The molecule has 12 heteroatoms. The maximum absolute atomic E-state index is 16.1. The lowest BCUT2D eigenvalue weighted by Gasteiger charge is -2.40. The molecule has 3 aliphatic rings. The van der Waals surface area contributed by atoms with E-state index in [1.165, 1.54) is 23.5 Å². The van der Waals surface area contributed by atoms with Crippen LogP contribution in [0.2, 0.25) is 0 Å². The Morgan fingerprint density at radius 2 is 2.04 bits per heavy atom. The number of aryl methyl sites for hydroxylation is 1. The second-order valence-electron chi connectivity index (χ2n) is 13.0. The molecule has 7 heterocycles. The van der Waals surface area contributed by atoms with Crippen LogP contribution in [0.15, 0.2) is 79.0 Å². The van der Waals surface area contributed by atoms with Crippen LogP contribution in [0, 0.1) is 11.6 Å². The van der Waals surface area contributed by atoms with E-state index in [0.29, 0.717) is 61.6 Å². The number of benzene rings is 2. The molecule has 51 heavy (non-hydrogen) atoms. The summed E-state index contributed by atoms with van der Waals surface area (Å²) in [5.41, 5.74) is 5.29. The van der Waals surface area contributed by atoms with Gasteiger partial charge in [-0.2, -0.15) is 5.10 Å². The highest BCUT2D eigenvalue weighted by molar-refractivity contribution is 7.17. The molecular formula is C39H32F2N6O3S. The van der Waals surface area contributed by atoms with E-state index in [9.17, 15) is 4.79 Å². The summed E-state index contributed by atoms with van der Waals surface area (Å²) >= 11 is 1.46. The Hall–Kier alpha value is -5.46. The molecule has 0 saturated carbocycles. The van der Waals surface area contributed by atoms with Gasteiger partial charge in [-0.1, -0.05) is 18.7 Å². The van der Waals surface area contributed by atoms with Gasteiger partial charge in [0.25, 0.3) is 0 Å². The van der Waals surface area contributed by atoms with E-state index in [4.69, 9.17) is 19.4 Å². The number of pyridine rings is 2. The first-order valence-electron chi connectivity index (χ1n) is 16.8. The number of nitrogens with zero attached hydrogens (tertiary/aromatic N) is 5. The molecule has 0 radical (unpaired) electrons. The summed E-state index contributed by atoms with van der Waals surface area (Å²) in [5, 5.41) is 11.8. The molecule has 2 aromatic carbocycles. The number of thiophene rings is 1. The molecule has 3 aliphatic heterocycles. The first kappa shape index (κ1) is 31.5. The highest BCUT2D eigenvalue weighted by Crippen LogP contribution is 2.54. The minimum atomic E-state index is -1.47. The predicted molar refractivity (Wildman–Crippen MR) is 193 cm³/mol. The largest absolute Gasteiger partial charge is 0.473 e. The lowest BCUT2D eigenvalue weighted by molar-refractivity contribution is -0.126. The van der Waals surface area contributed by atoms with Crippen LogP contribution in [0.4, 0.5) is 14.5 Å². The number of anilines is 1. The van der Waals surface area contributed by atoms with Crippen LogP contribution in [-0.4, -0.2) is 56.9 Å². The molecular weight excluding hydrogens is 671 g/mol. The zero-order chi connectivity index (χ0) is 34.9. The van der Waals surface area contributed by atoms with Crippen molar-refractivity contribution in [1.82, 2.24) is 24.6 Å². The van der Waals surface area contributed by atoms with Crippen molar-refractivity contribution in [3.05, 3.63) is 113 Å². The molecule has 0 fully saturated rings. The summed E-state index contributed by atoms with van der Waals surface area (Å²) in [5.74, 6) is -1.62. The van der Waals surface area contributed by atoms with Crippen molar-refractivity contribution >= 4 is 43.9 Å². The highest BCUT2D eigenvalue weighted by Gasteiger charge is 2.48. The van der Waals surface area contributed by atoms with Gasteiger partial charge in [0.2, 0.25) is 11.5 Å². The summed E-state index contributed by atoms with van der Waals surface area (Å²) in [7, 11) is 1.91. The van der Waals surface area contributed by atoms with Crippen molar-refractivity contribution in [3.8, 4) is 28.1 Å². The normalized spacial score (nSPS) is 18.9. The number of nitrogens with one attached hydrogen (secondary N) is 1. The molecule has 9 rings (SSSR count). The summed E-state index contributed by atoms with van der Waals surface area (Å²) in [6, 6.07) is 10.2. The number of amides is 1. The highest BCUT2D eigenvalue weighted by atomic mass is 32.1. The zero-order valence-electron chi connectivity index (χ0n) is 27.7. The number of fused-ring (bicyclic) bond motifs is 10.